The maximum absolute atomic E-state index is 6.22. The van der Waals surface area contributed by atoms with Crippen LogP contribution in [0.1, 0.15) is 52.0 Å². The molecule has 21 heavy (non-hydrogen) atoms. The zero-order valence-electron chi connectivity index (χ0n) is 13.7. The normalized spacial score (nSPS) is 19.9. The molecule has 0 spiro atoms. The number of hydrogen-bond donors (Lipinski definition) is 1. The molecule has 118 valence electrons. The molecule has 0 aliphatic carbocycles. The van der Waals surface area contributed by atoms with Crippen molar-refractivity contribution in [3.63, 3.8) is 0 Å². The molecule has 1 heterocycles. The van der Waals surface area contributed by atoms with Crippen LogP contribution in [-0.4, -0.2) is 19.1 Å². The Morgan fingerprint density at radius 3 is 2.86 bits per heavy atom. The van der Waals surface area contributed by atoms with Crippen molar-refractivity contribution in [3.8, 4) is 0 Å². The van der Waals surface area contributed by atoms with Crippen molar-refractivity contribution in [2.75, 3.05) is 18.0 Å². The molecule has 0 saturated carbocycles. The maximum atomic E-state index is 6.22. The Morgan fingerprint density at radius 1 is 1.29 bits per heavy atom. The first kappa shape index (κ1) is 16.6. The predicted octanol–water partition coefficient (Wildman–Crippen LogP) is 4.85. The highest BCUT2D eigenvalue weighted by Gasteiger charge is 2.19. The molecule has 1 aromatic carbocycles. The highest BCUT2D eigenvalue weighted by Crippen LogP contribution is 2.29. The van der Waals surface area contributed by atoms with Crippen molar-refractivity contribution in [2.45, 2.75) is 59.0 Å². The van der Waals surface area contributed by atoms with E-state index in [9.17, 15) is 0 Å². The molecule has 2 nitrogen and oxygen atoms in total. The summed E-state index contributed by atoms with van der Waals surface area (Å²) in [6.07, 6.45) is 5.30. The van der Waals surface area contributed by atoms with Crippen molar-refractivity contribution in [3.05, 3.63) is 28.8 Å². The van der Waals surface area contributed by atoms with Crippen molar-refractivity contribution in [1.29, 1.82) is 0 Å². The first-order valence-corrected chi connectivity index (χ1v) is 8.71. The third-order valence-corrected chi connectivity index (χ3v) is 4.51. The fourth-order valence-corrected chi connectivity index (χ4v) is 3.30. The van der Waals surface area contributed by atoms with Gasteiger partial charge in [-0.15, -0.1) is 0 Å². The third-order valence-electron chi connectivity index (χ3n) is 4.27. The van der Waals surface area contributed by atoms with Gasteiger partial charge in [-0.3, -0.25) is 0 Å². The molecule has 1 atom stereocenters. The summed E-state index contributed by atoms with van der Waals surface area (Å²) in [4.78, 5) is 2.58. The van der Waals surface area contributed by atoms with Crippen LogP contribution in [0.4, 0.5) is 5.69 Å². The predicted molar refractivity (Wildman–Crippen MR) is 93.3 cm³/mol. The molecule has 0 amide bonds. The SMILES string of the molecule is CC(C)CNCc1cc(Cl)ccc1N1CCCCCC1C. The van der Waals surface area contributed by atoms with Gasteiger partial charge in [0.25, 0.3) is 0 Å². The molecular weight excluding hydrogens is 280 g/mol. The minimum Gasteiger partial charge on any atom is -0.369 e. The van der Waals surface area contributed by atoms with Crippen molar-refractivity contribution >= 4 is 17.3 Å². The zero-order chi connectivity index (χ0) is 15.2. The van der Waals surface area contributed by atoms with Gasteiger partial charge in [0.15, 0.2) is 0 Å². The summed E-state index contributed by atoms with van der Waals surface area (Å²) in [5, 5.41) is 4.39. The number of benzene rings is 1. The summed E-state index contributed by atoms with van der Waals surface area (Å²) in [6, 6.07) is 6.98. The van der Waals surface area contributed by atoms with E-state index in [0.29, 0.717) is 12.0 Å². The molecule has 0 bridgehead atoms. The summed E-state index contributed by atoms with van der Waals surface area (Å²) in [5.41, 5.74) is 2.70. The molecule has 0 aromatic heterocycles. The van der Waals surface area contributed by atoms with Gasteiger partial charge in [-0.1, -0.05) is 38.3 Å². The van der Waals surface area contributed by atoms with E-state index in [1.807, 2.05) is 6.07 Å². The number of nitrogens with one attached hydrogen (secondary N) is 1. The molecule has 2 rings (SSSR count). The van der Waals surface area contributed by atoms with E-state index in [1.54, 1.807) is 0 Å². The van der Waals surface area contributed by atoms with E-state index in [4.69, 9.17) is 11.6 Å². The summed E-state index contributed by atoms with van der Waals surface area (Å²) in [6.45, 7) is 9.94. The lowest BCUT2D eigenvalue weighted by atomic mass is 10.1. The van der Waals surface area contributed by atoms with Crippen LogP contribution in [0.5, 0.6) is 0 Å². The Balaban J connectivity index is 2.16. The van der Waals surface area contributed by atoms with E-state index in [-0.39, 0.29) is 0 Å². The third kappa shape index (κ3) is 4.89. The van der Waals surface area contributed by atoms with Gasteiger partial charge in [-0.25, -0.2) is 0 Å². The van der Waals surface area contributed by atoms with Crippen LogP contribution in [0.25, 0.3) is 0 Å². The van der Waals surface area contributed by atoms with Crippen molar-refractivity contribution < 1.29 is 0 Å². The minimum absolute atomic E-state index is 0.623. The Bertz CT molecular complexity index is 445. The van der Waals surface area contributed by atoms with E-state index in [0.717, 1.165) is 18.1 Å². The Kier molecular flexibility index (Phi) is 6.38. The van der Waals surface area contributed by atoms with Crippen LogP contribution in [0.2, 0.25) is 5.02 Å². The van der Waals surface area contributed by atoms with Crippen LogP contribution in [0, 0.1) is 5.92 Å². The summed E-state index contributed by atoms with van der Waals surface area (Å²) in [7, 11) is 0. The molecule has 1 unspecified atom stereocenters. The maximum Gasteiger partial charge on any atom is 0.0415 e. The van der Waals surface area contributed by atoms with Crippen LogP contribution >= 0.6 is 11.6 Å². The second-order valence-corrected chi connectivity index (χ2v) is 7.13. The number of hydrogen-bond acceptors (Lipinski definition) is 2. The lowest BCUT2D eigenvalue weighted by Crippen LogP contribution is -2.33. The summed E-state index contributed by atoms with van der Waals surface area (Å²) >= 11 is 6.22. The average molecular weight is 309 g/mol. The number of anilines is 1. The van der Waals surface area contributed by atoms with Gasteiger partial charge in [0.1, 0.15) is 0 Å². The fraction of sp³-hybridized carbons (Fsp3) is 0.667. The van der Waals surface area contributed by atoms with Crippen LogP contribution < -0.4 is 10.2 Å². The second-order valence-electron chi connectivity index (χ2n) is 6.69. The fourth-order valence-electron chi connectivity index (χ4n) is 3.10. The molecule has 1 aliphatic rings. The smallest absolute Gasteiger partial charge is 0.0415 e. The molecule has 1 aromatic rings. The van der Waals surface area contributed by atoms with Gasteiger partial charge in [0.05, 0.1) is 0 Å². The Labute approximate surface area is 134 Å². The molecule has 0 radical (unpaired) electrons. The Morgan fingerprint density at radius 2 is 2.10 bits per heavy atom. The number of halogens is 1. The standard InChI is InChI=1S/C18H29ClN2/c1-14(2)12-20-13-16-11-17(19)8-9-18(16)21-10-6-4-5-7-15(21)3/h8-9,11,14-15,20H,4-7,10,12-13H2,1-3H3. The van der Waals surface area contributed by atoms with Gasteiger partial charge in [0, 0.05) is 29.8 Å². The molecule has 1 saturated heterocycles. The second kappa shape index (κ2) is 8.05. The van der Waals surface area contributed by atoms with E-state index in [1.165, 1.54) is 43.5 Å². The lowest BCUT2D eigenvalue weighted by Gasteiger charge is -2.31. The Hall–Kier alpha value is -0.730. The van der Waals surface area contributed by atoms with Crippen molar-refractivity contribution in [2.24, 2.45) is 5.92 Å². The average Bonchev–Trinajstić information content (AvgIpc) is 2.64. The first-order valence-electron chi connectivity index (χ1n) is 8.33. The topological polar surface area (TPSA) is 15.3 Å². The van der Waals surface area contributed by atoms with Gasteiger partial charge in [0.2, 0.25) is 0 Å². The van der Waals surface area contributed by atoms with Crippen LogP contribution in [-0.2, 0) is 6.54 Å². The van der Waals surface area contributed by atoms with E-state index >= 15 is 0 Å². The highest BCUT2D eigenvalue weighted by atomic mass is 35.5. The lowest BCUT2D eigenvalue weighted by molar-refractivity contribution is 0.550. The quantitative estimate of drug-likeness (QED) is 0.836. The molecular formula is C18H29ClN2. The monoisotopic (exact) mass is 308 g/mol. The number of rotatable bonds is 5. The van der Waals surface area contributed by atoms with Gasteiger partial charge in [-0.05, 0) is 56.0 Å². The highest BCUT2D eigenvalue weighted by molar-refractivity contribution is 6.30. The van der Waals surface area contributed by atoms with Gasteiger partial charge < -0.3 is 10.2 Å². The molecule has 1 fully saturated rings. The molecule has 3 heteroatoms. The van der Waals surface area contributed by atoms with Gasteiger partial charge in [-0.2, -0.15) is 0 Å². The molecule has 1 N–H and O–H groups in total. The zero-order valence-corrected chi connectivity index (χ0v) is 14.4. The minimum atomic E-state index is 0.623. The van der Waals surface area contributed by atoms with E-state index in [2.05, 4.69) is 43.1 Å². The van der Waals surface area contributed by atoms with E-state index < -0.39 is 0 Å². The number of nitrogens with zero attached hydrogens (tertiary/aromatic N) is 1. The molecule has 1 aliphatic heterocycles. The van der Waals surface area contributed by atoms with Gasteiger partial charge >= 0.3 is 0 Å². The summed E-state index contributed by atoms with van der Waals surface area (Å²) < 4.78 is 0. The largest absolute Gasteiger partial charge is 0.369 e. The summed E-state index contributed by atoms with van der Waals surface area (Å²) in [5.74, 6) is 0.671. The van der Waals surface area contributed by atoms with Crippen LogP contribution in [0.3, 0.4) is 0 Å². The first-order chi connectivity index (χ1) is 10.1. The van der Waals surface area contributed by atoms with Crippen LogP contribution in [0.15, 0.2) is 18.2 Å². The van der Waals surface area contributed by atoms with Crippen molar-refractivity contribution in [1.82, 2.24) is 5.32 Å².